The van der Waals surface area contributed by atoms with Crippen LogP contribution in [0, 0.1) is 0 Å². The Hall–Kier alpha value is -4.02. The second kappa shape index (κ2) is 10.9. The SMILES string of the molecule is COc1ccc(C(OC[C@H]2O[C@@H](n3cnc4c(N)nc(Cl)nc43)C[C@H]2O)(c2ccccc2)c2ccccc2)cc1. The molecule has 3 N–H and O–H groups in total. The fourth-order valence-electron chi connectivity index (χ4n) is 5.29. The maximum absolute atomic E-state index is 11.1. The molecule has 6 rings (SSSR count). The molecular formula is C30H28ClN5O4. The normalized spacial score (nSPS) is 19.2. The quantitative estimate of drug-likeness (QED) is 0.208. The van der Waals surface area contributed by atoms with E-state index in [-0.39, 0.29) is 17.7 Å². The molecule has 0 radical (unpaired) electrons. The van der Waals surface area contributed by atoms with Gasteiger partial charge in [-0.3, -0.25) is 4.57 Å². The molecule has 0 bridgehead atoms. The van der Waals surface area contributed by atoms with E-state index in [0.717, 1.165) is 22.4 Å². The van der Waals surface area contributed by atoms with E-state index < -0.39 is 24.0 Å². The molecule has 2 aromatic heterocycles. The molecule has 3 aromatic carbocycles. The van der Waals surface area contributed by atoms with Crippen molar-refractivity contribution in [2.24, 2.45) is 0 Å². The third kappa shape index (κ3) is 4.67. The van der Waals surface area contributed by atoms with Crippen molar-refractivity contribution in [1.29, 1.82) is 0 Å². The summed E-state index contributed by atoms with van der Waals surface area (Å²) in [6, 6.07) is 27.9. The molecule has 3 atom stereocenters. The van der Waals surface area contributed by atoms with Gasteiger partial charge in [-0.25, -0.2) is 4.98 Å². The van der Waals surface area contributed by atoms with Crippen LogP contribution in [0.5, 0.6) is 5.75 Å². The average Bonchev–Trinajstić information content (AvgIpc) is 3.58. The molecular weight excluding hydrogens is 530 g/mol. The maximum Gasteiger partial charge on any atom is 0.226 e. The molecule has 1 aliphatic heterocycles. The van der Waals surface area contributed by atoms with Crippen LogP contribution in [0.3, 0.4) is 0 Å². The van der Waals surface area contributed by atoms with E-state index in [1.54, 1.807) is 18.0 Å². The van der Waals surface area contributed by atoms with Crippen LogP contribution in [0.15, 0.2) is 91.3 Å². The largest absolute Gasteiger partial charge is 0.497 e. The molecule has 5 aromatic rings. The van der Waals surface area contributed by atoms with Gasteiger partial charge in [0.15, 0.2) is 11.5 Å². The van der Waals surface area contributed by atoms with Gasteiger partial charge < -0.3 is 25.1 Å². The minimum atomic E-state index is -0.979. The second-order valence-corrected chi connectivity index (χ2v) is 9.92. The first kappa shape index (κ1) is 26.2. The molecule has 0 saturated carbocycles. The Morgan fingerprint density at radius 3 is 2.23 bits per heavy atom. The van der Waals surface area contributed by atoms with Crippen LogP contribution in [-0.4, -0.2) is 50.6 Å². The Morgan fingerprint density at radius 1 is 0.975 bits per heavy atom. The lowest BCUT2D eigenvalue weighted by Gasteiger charge is -2.37. The van der Waals surface area contributed by atoms with E-state index in [1.807, 2.05) is 84.9 Å². The molecule has 0 spiro atoms. The molecule has 0 unspecified atom stereocenters. The molecule has 1 saturated heterocycles. The number of halogens is 1. The summed E-state index contributed by atoms with van der Waals surface area (Å²) in [7, 11) is 1.64. The highest BCUT2D eigenvalue weighted by molar-refractivity contribution is 6.28. The Labute approximate surface area is 236 Å². The monoisotopic (exact) mass is 557 g/mol. The van der Waals surface area contributed by atoms with Gasteiger partial charge in [0.2, 0.25) is 5.28 Å². The van der Waals surface area contributed by atoms with Crippen LogP contribution >= 0.6 is 11.6 Å². The summed E-state index contributed by atoms with van der Waals surface area (Å²) < 4.78 is 20.3. The highest BCUT2D eigenvalue weighted by atomic mass is 35.5. The van der Waals surface area contributed by atoms with Crippen molar-refractivity contribution in [2.75, 3.05) is 19.5 Å². The van der Waals surface area contributed by atoms with Crippen molar-refractivity contribution in [3.05, 3.63) is 113 Å². The molecule has 10 heteroatoms. The smallest absolute Gasteiger partial charge is 0.226 e. The number of hydrogen-bond acceptors (Lipinski definition) is 8. The number of methoxy groups -OCH3 is 1. The number of nitrogen functional groups attached to an aromatic ring is 1. The van der Waals surface area contributed by atoms with Gasteiger partial charge in [0.1, 0.15) is 29.2 Å². The molecule has 0 amide bonds. The lowest BCUT2D eigenvalue weighted by molar-refractivity contribution is -0.0930. The Bertz CT molecular complexity index is 1560. The summed E-state index contributed by atoms with van der Waals surface area (Å²) in [5, 5.41) is 11.1. The lowest BCUT2D eigenvalue weighted by Crippen LogP contribution is -2.38. The minimum absolute atomic E-state index is 0.0141. The first-order valence-electron chi connectivity index (χ1n) is 12.9. The number of anilines is 1. The average molecular weight is 558 g/mol. The highest BCUT2D eigenvalue weighted by Gasteiger charge is 2.42. The number of ether oxygens (including phenoxy) is 3. The molecule has 0 aliphatic carbocycles. The van der Waals surface area contributed by atoms with Gasteiger partial charge in [0.25, 0.3) is 0 Å². The molecule has 9 nitrogen and oxygen atoms in total. The number of nitrogens with zero attached hydrogens (tertiary/aromatic N) is 4. The number of nitrogens with two attached hydrogens (primary N) is 1. The van der Waals surface area contributed by atoms with E-state index in [0.29, 0.717) is 17.6 Å². The van der Waals surface area contributed by atoms with Crippen LogP contribution < -0.4 is 10.5 Å². The second-order valence-electron chi connectivity index (χ2n) is 9.59. The fourth-order valence-corrected chi connectivity index (χ4v) is 5.46. The number of rotatable bonds is 8. The van der Waals surface area contributed by atoms with E-state index >= 15 is 0 Å². The standard InChI is InChI=1S/C30H28ClN5O4/c1-38-22-14-12-21(13-15-22)30(19-8-4-2-5-9-19,20-10-6-3-7-11-20)39-17-24-23(37)16-25(40-24)36-18-33-26-27(32)34-29(31)35-28(26)36/h2-15,18,23-25,37H,16-17H2,1H3,(H2,32,34,35)/t23-,24-,25-/m1/s1. The van der Waals surface area contributed by atoms with Crippen molar-refractivity contribution in [3.8, 4) is 5.75 Å². The van der Waals surface area contributed by atoms with Crippen LogP contribution in [0.25, 0.3) is 11.2 Å². The molecule has 40 heavy (non-hydrogen) atoms. The minimum Gasteiger partial charge on any atom is -0.497 e. The fraction of sp³-hybridized carbons (Fsp3) is 0.233. The molecule has 3 heterocycles. The summed E-state index contributed by atoms with van der Waals surface area (Å²) in [4.78, 5) is 12.6. The number of aromatic nitrogens is 4. The lowest BCUT2D eigenvalue weighted by atomic mass is 9.80. The highest BCUT2D eigenvalue weighted by Crippen LogP contribution is 2.42. The number of aliphatic hydroxyl groups excluding tert-OH is 1. The van der Waals surface area contributed by atoms with Crippen molar-refractivity contribution < 1.29 is 19.3 Å². The summed E-state index contributed by atoms with van der Waals surface area (Å²) in [6.45, 7) is 0.109. The van der Waals surface area contributed by atoms with Gasteiger partial charge in [-0.05, 0) is 40.4 Å². The van der Waals surface area contributed by atoms with Gasteiger partial charge in [0, 0.05) is 6.42 Å². The predicted molar refractivity (Wildman–Crippen MR) is 151 cm³/mol. The van der Waals surface area contributed by atoms with Gasteiger partial charge in [0.05, 0.1) is 26.1 Å². The van der Waals surface area contributed by atoms with Crippen molar-refractivity contribution in [1.82, 2.24) is 19.5 Å². The first-order chi connectivity index (χ1) is 19.5. The van der Waals surface area contributed by atoms with E-state index in [9.17, 15) is 5.11 Å². The number of imidazole rings is 1. The Kier molecular flexibility index (Phi) is 7.12. The summed E-state index contributed by atoms with van der Waals surface area (Å²) >= 11 is 6.05. The van der Waals surface area contributed by atoms with E-state index in [4.69, 9.17) is 31.5 Å². The first-order valence-corrected chi connectivity index (χ1v) is 13.3. The van der Waals surface area contributed by atoms with Gasteiger partial charge in [-0.2, -0.15) is 9.97 Å². The maximum atomic E-state index is 11.1. The van der Waals surface area contributed by atoms with Crippen LogP contribution in [-0.2, 0) is 15.1 Å². The zero-order valence-electron chi connectivity index (χ0n) is 21.7. The van der Waals surface area contributed by atoms with Gasteiger partial charge in [-0.1, -0.05) is 72.8 Å². The van der Waals surface area contributed by atoms with Crippen molar-refractivity contribution >= 4 is 28.6 Å². The summed E-state index contributed by atoms with van der Waals surface area (Å²) in [6.07, 6.45) is -0.0719. The van der Waals surface area contributed by atoms with E-state index in [1.165, 1.54) is 0 Å². The number of fused-ring (bicyclic) bond motifs is 1. The zero-order chi connectivity index (χ0) is 27.7. The van der Waals surface area contributed by atoms with Crippen LogP contribution in [0.1, 0.15) is 29.3 Å². The van der Waals surface area contributed by atoms with Crippen molar-refractivity contribution in [2.45, 2.75) is 30.5 Å². The predicted octanol–water partition coefficient (Wildman–Crippen LogP) is 4.73. The van der Waals surface area contributed by atoms with Crippen LogP contribution in [0.2, 0.25) is 5.28 Å². The number of hydrogen-bond donors (Lipinski definition) is 2. The number of aliphatic hydroxyl groups is 1. The zero-order valence-corrected chi connectivity index (χ0v) is 22.5. The third-order valence-electron chi connectivity index (χ3n) is 7.26. The van der Waals surface area contributed by atoms with E-state index in [2.05, 4.69) is 15.0 Å². The molecule has 1 fully saturated rings. The Balaban J connectivity index is 1.35. The van der Waals surface area contributed by atoms with Gasteiger partial charge in [-0.15, -0.1) is 0 Å². The van der Waals surface area contributed by atoms with Crippen molar-refractivity contribution in [3.63, 3.8) is 0 Å². The third-order valence-corrected chi connectivity index (χ3v) is 7.43. The topological polar surface area (TPSA) is 118 Å². The van der Waals surface area contributed by atoms with Crippen LogP contribution in [0.4, 0.5) is 5.82 Å². The molecule has 1 aliphatic rings. The summed E-state index contributed by atoms with van der Waals surface area (Å²) in [5.74, 6) is 0.926. The molecule has 204 valence electrons. The number of benzene rings is 3. The Morgan fingerprint density at radius 2 is 1.60 bits per heavy atom. The van der Waals surface area contributed by atoms with Gasteiger partial charge >= 0.3 is 0 Å². The summed E-state index contributed by atoms with van der Waals surface area (Å²) in [5.41, 5.74) is 8.66.